The minimum absolute atomic E-state index is 0.235. The topological polar surface area (TPSA) is 68.0 Å². The van der Waals surface area contributed by atoms with Gasteiger partial charge in [-0.2, -0.15) is 0 Å². The van der Waals surface area contributed by atoms with Crippen molar-refractivity contribution in [2.24, 2.45) is 5.73 Å². The standard InChI is InChI=1S/C13H11N3OS2/c14-11(10-6-3-7-18-10)12(17)16-13-15-8-4-1-2-5-9(8)19-13/h1-7,11H,14H2,(H,15,16,17). The fourth-order valence-corrected chi connectivity index (χ4v) is 3.30. The molecule has 0 spiro atoms. The Bertz CT molecular complexity index is 673. The van der Waals surface area contributed by atoms with E-state index in [0.717, 1.165) is 15.1 Å². The molecule has 0 saturated heterocycles. The predicted octanol–water partition coefficient (Wildman–Crippen LogP) is 3.00. The summed E-state index contributed by atoms with van der Waals surface area (Å²) in [5, 5.41) is 5.25. The van der Waals surface area contributed by atoms with Gasteiger partial charge in [-0.05, 0) is 23.6 Å². The number of carbonyl (C=O) groups excluding carboxylic acids is 1. The molecule has 0 aliphatic carbocycles. The summed E-state index contributed by atoms with van der Waals surface area (Å²) in [7, 11) is 0. The Labute approximate surface area is 117 Å². The Kier molecular flexibility index (Phi) is 3.29. The number of thiazole rings is 1. The maximum absolute atomic E-state index is 12.0. The summed E-state index contributed by atoms with van der Waals surface area (Å²) in [6.07, 6.45) is 0. The first-order valence-corrected chi connectivity index (χ1v) is 7.39. The van der Waals surface area contributed by atoms with Crippen LogP contribution in [0.3, 0.4) is 0 Å². The van der Waals surface area contributed by atoms with E-state index < -0.39 is 6.04 Å². The van der Waals surface area contributed by atoms with E-state index >= 15 is 0 Å². The van der Waals surface area contributed by atoms with Crippen molar-refractivity contribution in [3.63, 3.8) is 0 Å². The highest BCUT2D eigenvalue weighted by Crippen LogP contribution is 2.26. The predicted molar refractivity (Wildman–Crippen MR) is 79.5 cm³/mol. The number of benzene rings is 1. The lowest BCUT2D eigenvalue weighted by atomic mass is 10.2. The van der Waals surface area contributed by atoms with Gasteiger partial charge in [0.1, 0.15) is 6.04 Å². The van der Waals surface area contributed by atoms with Crippen molar-refractivity contribution in [3.8, 4) is 0 Å². The largest absolute Gasteiger partial charge is 0.316 e. The third-order valence-corrected chi connectivity index (χ3v) is 4.56. The molecular weight excluding hydrogens is 278 g/mol. The van der Waals surface area contributed by atoms with E-state index in [9.17, 15) is 4.79 Å². The summed E-state index contributed by atoms with van der Waals surface area (Å²) in [5.74, 6) is -0.235. The van der Waals surface area contributed by atoms with Gasteiger partial charge in [0.15, 0.2) is 5.13 Å². The van der Waals surface area contributed by atoms with E-state index in [2.05, 4.69) is 10.3 Å². The van der Waals surface area contributed by atoms with Crippen LogP contribution in [-0.2, 0) is 4.79 Å². The van der Waals surface area contributed by atoms with Gasteiger partial charge in [-0.25, -0.2) is 4.98 Å². The number of para-hydroxylation sites is 1. The first kappa shape index (κ1) is 12.3. The summed E-state index contributed by atoms with van der Waals surface area (Å²) in [6.45, 7) is 0. The lowest BCUT2D eigenvalue weighted by molar-refractivity contribution is -0.117. The normalized spacial score (nSPS) is 12.5. The van der Waals surface area contributed by atoms with Gasteiger partial charge in [-0.15, -0.1) is 11.3 Å². The molecule has 0 aliphatic heterocycles. The third kappa shape index (κ3) is 2.51. The van der Waals surface area contributed by atoms with Crippen LogP contribution in [-0.4, -0.2) is 10.9 Å². The highest BCUT2D eigenvalue weighted by molar-refractivity contribution is 7.22. The Morgan fingerprint density at radius 2 is 2.11 bits per heavy atom. The van der Waals surface area contributed by atoms with Crippen molar-refractivity contribution in [1.29, 1.82) is 0 Å². The lowest BCUT2D eigenvalue weighted by Crippen LogP contribution is -2.26. The number of nitrogens with two attached hydrogens (primary N) is 1. The van der Waals surface area contributed by atoms with Crippen LogP contribution < -0.4 is 11.1 Å². The van der Waals surface area contributed by atoms with Crippen molar-refractivity contribution >= 4 is 43.9 Å². The SMILES string of the molecule is NC(C(=O)Nc1nc2ccccc2s1)c1cccs1. The van der Waals surface area contributed by atoms with Gasteiger partial charge in [0.05, 0.1) is 10.2 Å². The summed E-state index contributed by atoms with van der Waals surface area (Å²) in [6, 6.07) is 10.8. The Morgan fingerprint density at radius 3 is 2.84 bits per heavy atom. The number of carbonyl (C=O) groups is 1. The number of hydrogen-bond donors (Lipinski definition) is 2. The quantitative estimate of drug-likeness (QED) is 0.779. The van der Waals surface area contributed by atoms with Crippen LogP contribution in [0.2, 0.25) is 0 Å². The molecule has 0 aliphatic rings. The zero-order valence-corrected chi connectivity index (χ0v) is 11.5. The smallest absolute Gasteiger partial charge is 0.248 e. The first-order valence-electron chi connectivity index (χ1n) is 5.69. The number of rotatable bonds is 3. The molecule has 3 N–H and O–H groups in total. The summed E-state index contributed by atoms with van der Waals surface area (Å²) >= 11 is 2.92. The molecule has 0 radical (unpaired) electrons. The average Bonchev–Trinajstić information content (AvgIpc) is 3.06. The lowest BCUT2D eigenvalue weighted by Gasteiger charge is -2.08. The van der Waals surface area contributed by atoms with E-state index in [0.29, 0.717) is 5.13 Å². The minimum Gasteiger partial charge on any atom is -0.316 e. The minimum atomic E-state index is -0.646. The molecule has 4 nitrogen and oxygen atoms in total. The van der Waals surface area contributed by atoms with Crippen LogP contribution in [0.25, 0.3) is 10.2 Å². The van der Waals surface area contributed by atoms with Crippen LogP contribution in [0.5, 0.6) is 0 Å². The number of aromatic nitrogens is 1. The second-order valence-electron chi connectivity index (χ2n) is 3.97. The Balaban J connectivity index is 1.79. The number of thiophene rings is 1. The number of hydrogen-bond acceptors (Lipinski definition) is 5. The maximum Gasteiger partial charge on any atom is 0.248 e. The molecule has 1 amide bonds. The molecular formula is C13H11N3OS2. The summed E-state index contributed by atoms with van der Waals surface area (Å²) < 4.78 is 1.04. The summed E-state index contributed by atoms with van der Waals surface area (Å²) in [4.78, 5) is 17.2. The van der Waals surface area contributed by atoms with E-state index in [1.54, 1.807) is 0 Å². The van der Waals surface area contributed by atoms with Crippen molar-refractivity contribution in [1.82, 2.24) is 4.98 Å². The molecule has 0 fully saturated rings. The van der Waals surface area contributed by atoms with Gasteiger partial charge in [-0.1, -0.05) is 29.5 Å². The molecule has 2 aromatic heterocycles. The molecule has 0 saturated carbocycles. The Hall–Kier alpha value is -1.76. The molecule has 1 aromatic carbocycles. The van der Waals surface area contributed by atoms with Crippen LogP contribution >= 0.6 is 22.7 Å². The van der Waals surface area contributed by atoms with Crippen molar-refractivity contribution in [2.45, 2.75) is 6.04 Å². The molecule has 2 heterocycles. The van der Waals surface area contributed by atoms with E-state index in [1.807, 2.05) is 41.8 Å². The molecule has 3 rings (SSSR count). The molecule has 96 valence electrons. The van der Waals surface area contributed by atoms with Gasteiger partial charge in [-0.3, -0.25) is 4.79 Å². The maximum atomic E-state index is 12.0. The number of nitrogens with zero attached hydrogens (tertiary/aromatic N) is 1. The third-order valence-electron chi connectivity index (χ3n) is 2.66. The molecule has 1 unspecified atom stereocenters. The number of anilines is 1. The second-order valence-corrected chi connectivity index (χ2v) is 5.98. The van der Waals surface area contributed by atoms with Crippen LogP contribution in [0.4, 0.5) is 5.13 Å². The number of nitrogens with one attached hydrogen (secondary N) is 1. The van der Waals surface area contributed by atoms with Crippen molar-refractivity contribution < 1.29 is 4.79 Å². The average molecular weight is 289 g/mol. The van der Waals surface area contributed by atoms with Gasteiger partial charge in [0, 0.05) is 4.88 Å². The number of amides is 1. The molecule has 1 atom stereocenters. The molecule has 6 heteroatoms. The monoisotopic (exact) mass is 289 g/mol. The van der Waals surface area contributed by atoms with E-state index in [4.69, 9.17) is 5.73 Å². The van der Waals surface area contributed by atoms with Gasteiger partial charge >= 0.3 is 0 Å². The van der Waals surface area contributed by atoms with Gasteiger partial charge < -0.3 is 11.1 Å². The van der Waals surface area contributed by atoms with E-state index in [-0.39, 0.29) is 5.91 Å². The molecule has 3 aromatic rings. The first-order chi connectivity index (χ1) is 9.24. The van der Waals surface area contributed by atoms with Gasteiger partial charge in [0.2, 0.25) is 5.91 Å². The van der Waals surface area contributed by atoms with Crippen molar-refractivity contribution in [3.05, 3.63) is 46.7 Å². The van der Waals surface area contributed by atoms with E-state index in [1.165, 1.54) is 22.7 Å². The highest BCUT2D eigenvalue weighted by atomic mass is 32.1. The highest BCUT2D eigenvalue weighted by Gasteiger charge is 2.18. The second kappa shape index (κ2) is 5.08. The number of fused-ring (bicyclic) bond motifs is 1. The summed E-state index contributed by atoms with van der Waals surface area (Å²) in [5.41, 5.74) is 6.78. The Morgan fingerprint density at radius 1 is 1.26 bits per heavy atom. The fourth-order valence-electron chi connectivity index (χ4n) is 1.71. The van der Waals surface area contributed by atoms with Crippen molar-refractivity contribution in [2.75, 3.05) is 5.32 Å². The zero-order chi connectivity index (χ0) is 13.2. The van der Waals surface area contributed by atoms with Crippen LogP contribution in [0, 0.1) is 0 Å². The zero-order valence-electron chi connectivity index (χ0n) is 9.87. The van der Waals surface area contributed by atoms with Crippen LogP contribution in [0.1, 0.15) is 10.9 Å². The fraction of sp³-hybridized carbons (Fsp3) is 0.0769. The van der Waals surface area contributed by atoms with Gasteiger partial charge in [0.25, 0.3) is 0 Å². The molecule has 0 bridgehead atoms. The molecule has 19 heavy (non-hydrogen) atoms. The van der Waals surface area contributed by atoms with Crippen LogP contribution in [0.15, 0.2) is 41.8 Å².